The Kier molecular flexibility index (Phi) is 5.52. The van der Waals surface area contributed by atoms with Gasteiger partial charge in [-0.05, 0) is 37.1 Å². The fourth-order valence-corrected chi connectivity index (χ4v) is 1.62. The van der Waals surface area contributed by atoms with Crippen LogP contribution in [0.3, 0.4) is 0 Å². The second-order valence-electron chi connectivity index (χ2n) is 3.98. The molecule has 0 saturated heterocycles. The lowest BCUT2D eigenvalue weighted by Crippen LogP contribution is -2.32. The van der Waals surface area contributed by atoms with E-state index in [1.165, 1.54) is 18.2 Å². The lowest BCUT2D eigenvalue weighted by molar-refractivity contribution is -0.126. The number of carbonyl (C=O) groups is 1. The highest BCUT2D eigenvalue weighted by atomic mass is 19.1. The summed E-state index contributed by atoms with van der Waals surface area (Å²) >= 11 is 0. The Hall–Kier alpha value is -1.68. The van der Waals surface area contributed by atoms with Crippen LogP contribution in [0, 0.1) is 5.82 Å². The first-order chi connectivity index (χ1) is 8.58. The number of halogens is 1. The highest BCUT2D eigenvalue weighted by Gasteiger charge is 2.08. The van der Waals surface area contributed by atoms with Gasteiger partial charge >= 0.3 is 0 Å². The third-order valence-electron chi connectivity index (χ3n) is 2.70. The predicted molar refractivity (Wildman–Crippen MR) is 69.4 cm³/mol. The molecule has 1 amide bonds. The van der Waals surface area contributed by atoms with Gasteiger partial charge in [-0.15, -0.1) is 0 Å². The predicted octanol–water partition coefficient (Wildman–Crippen LogP) is 2.07. The molecule has 0 atom stereocenters. The molecule has 0 unspecified atom stereocenters. The van der Waals surface area contributed by atoms with E-state index in [9.17, 15) is 9.18 Å². The smallest absolute Gasteiger partial charge is 0.246 e. The Morgan fingerprint density at radius 3 is 2.50 bits per heavy atom. The quantitative estimate of drug-likeness (QED) is 0.814. The van der Waals surface area contributed by atoms with E-state index >= 15 is 0 Å². The highest BCUT2D eigenvalue weighted by Crippen LogP contribution is 2.14. The number of rotatable bonds is 5. The van der Waals surface area contributed by atoms with E-state index in [1.54, 1.807) is 24.0 Å². The van der Waals surface area contributed by atoms with Crippen LogP contribution in [-0.2, 0) is 4.79 Å². The summed E-state index contributed by atoms with van der Waals surface area (Å²) in [6.07, 6.45) is 1.51. The molecule has 4 heteroatoms. The molecular formula is C14H18FNO2. The molecule has 1 rings (SSSR count). The second kappa shape index (κ2) is 6.91. The largest absolute Gasteiger partial charge is 0.395 e. The van der Waals surface area contributed by atoms with Gasteiger partial charge in [-0.25, -0.2) is 4.39 Å². The molecule has 3 nitrogen and oxygen atoms in total. The third-order valence-corrected chi connectivity index (χ3v) is 2.70. The molecule has 1 aromatic carbocycles. The number of amides is 1. The zero-order valence-electron chi connectivity index (χ0n) is 10.7. The van der Waals surface area contributed by atoms with Gasteiger partial charge in [-0.1, -0.05) is 12.1 Å². The number of benzene rings is 1. The molecule has 0 aliphatic rings. The number of nitrogens with zero attached hydrogens (tertiary/aromatic N) is 1. The van der Waals surface area contributed by atoms with Gasteiger partial charge < -0.3 is 10.0 Å². The number of hydrogen-bond donors (Lipinski definition) is 1. The molecule has 0 fully saturated rings. The Balaban J connectivity index is 2.81. The summed E-state index contributed by atoms with van der Waals surface area (Å²) < 4.78 is 12.8. The van der Waals surface area contributed by atoms with Gasteiger partial charge in [0.15, 0.2) is 0 Å². The lowest BCUT2D eigenvalue weighted by atomic mass is 10.1. The molecule has 0 aliphatic heterocycles. The first-order valence-electron chi connectivity index (χ1n) is 5.92. The summed E-state index contributed by atoms with van der Waals surface area (Å²) in [5.41, 5.74) is 1.58. The summed E-state index contributed by atoms with van der Waals surface area (Å²) in [6, 6.07) is 6.00. The van der Waals surface area contributed by atoms with E-state index in [0.29, 0.717) is 13.1 Å². The molecule has 0 aliphatic carbocycles. The Bertz CT molecular complexity index is 426. The highest BCUT2D eigenvalue weighted by molar-refractivity contribution is 5.94. The van der Waals surface area contributed by atoms with Crippen molar-refractivity contribution < 1.29 is 14.3 Å². The van der Waals surface area contributed by atoms with Crippen LogP contribution in [0.25, 0.3) is 5.57 Å². The van der Waals surface area contributed by atoms with Gasteiger partial charge in [-0.2, -0.15) is 0 Å². The summed E-state index contributed by atoms with van der Waals surface area (Å²) in [5.74, 6) is -0.443. The van der Waals surface area contributed by atoms with Crippen molar-refractivity contribution >= 4 is 11.5 Å². The fourth-order valence-electron chi connectivity index (χ4n) is 1.62. The van der Waals surface area contributed by atoms with Crippen molar-refractivity contribution in [3.63, 3.8) is 0 Å². The maximum Gasteiger partial charge on any atom is 0.246 e. The number of allylic oxidation sites excluding steroid dienone is 1. The van der Waals surface area contributed by atoms with Crippen molar-refractivity contribution in [2.75, 3.05) is 19.7 Å². The monoisotopic (exact) mass is 251 g/mol. The van der Waals surface area contributed by atoms with Crippen molar-refractivity contribution in [3.05, 3.63) is 41.7 Å². The number of hydrogen-bond acceptors (Lipinski definition) is 2. The summed E-state index contributed by atoms with van der Waals surface area (Å²) in [4.78, 5) is 13.4. The number of likely N-dealkylation sites (N-methyl/N-ethyl adjacent to an activating group) is 1. The lowest BCUT2D eigenvalue weighted by Gasteiger charge is -2.18. The van der Waals surface area contributed by atoms with Crippen LogP contribution in [0.1, 0.15) is 19.4 Å². The van der Waals surface area contributed by atoms with Crippen molar-refractivity contribution in [2.45, 2.75) is 13.8 Å². The van der Waals surface area contributed by atoms with Crippen molar-refractivity contribution in [3.8, 4) is 0 Å². The van der Waals surface area contributed by atoms with Gasteiger partial charge in [0.25, 0.3) is 0 Å². The molecule has 0 spiro atoms. The Labute approximate surface area is 107 Å². The molecule has 0 aromatic heterocycles. The number of aliphatic hydroxyl groups excluding tert-OH is 1. The molecule has 1 N–H and O–H groups in total. The van der Waals surface area contributed by atoms with Gasteiger partial charge in [0.2, 0.25) is 5.91 Å². The maximum atomic E-state index is 12.8. The molecule has 0 saturated carbocycles. The first-order valence-corrected chi connectivity index (χ1v) is 5.92. The Morgan fingerprint density at radius 1 is 1.39 bits per heavy atom. The van der Waals surface area contributed by atoms with Crippen LogP contribution in [0.5, 0.6) is 0 Å². The molecular weight excluding hydrogens is 233 g/mol. The van der Waals surface area contributed by atoms with Crippen molar-refractivity contribution in [1.29, 1.82) is 0 Å². The van der Waals surface area contributed by atoms with Crippen molar-refractivity contribution in [2.24, 2.45) is 0 Å². The van der Waals surface area contributed by atoms with Crippen LogP contribution in [0.4, 0.5) is 4.39 Å². The molecule has 1 aromatic rings. The molecule has 0 bridgehead atoms. The molecule has 0 radical (unpaired) electrons. The Morgan fingerprint density at radius 2 is 2.00 bits per heavy atom. The minimum Gasteiger partial charge on any atom is -0.395 e. The van der Waals surface area contributed by atoms with Crippen molar-refractivity contribution in [1.82, 2.24) is 4.90 Å². The minimum atomic E-state index is -0.298. The van der Waals surface area contributed by atoms with E-state index in [-0.39, 0.29) is 18.3 Å². The SMILES string of the molecule is CCN(CCO)C(=O)/C=C(/C)c1ccc(F)cc1. The van der Waals surface area contributed by atoms with Gasteiger partial charge in [0.05, 0.1) is 6.61 Å². The van der Waals surface area contributed by atoms with Crippen LogP contribution in [0.2, 0.25) is 0 Å². The zero-order valence-corrected chi connectivity index (χ0v) is 10.7. The first kappa shape index (κ1) is 14.4. The summed E-state index contributed by atoms with van der Waals surface area (Å²) in [7, 11) is 0. The van der Waals surface area contributed by atoms with Crippen LogP contribution >= 0.6 is 0 Å². The third kappa shape index (κ3) is 3.96. The second-order valence-corrected chi connectivity index (χ2v) is 3.98. The van der Waals surface area contributed by atoms with E-state index in [4.69, 9.17) is 5.11 Å². The minimum absolute atomic E-state index is 0.0526. The van der Waals surface area contributed by atoms with Crippen LogP contribution in [-0.4, -0.2) is 35.6 Å². The van der Waals surface area contributed by atoms with E-state index in [2.05, 4.69) is 0 Å². The van der Waals surface area contributed by atoms with Gasteiger partial charge in [-0.3, -0.25) is 4.79 Å². The number of aliphatic hydroxyl groups is 1. The number of carbonyl (C=O) groups excluding carboxylic acids is 1. The fraction of sp³-hybridized carbons (Fsp3) is 0.357. The van der Waals surface area contributed by atoms with E-state index < -0.39 is 0 Å². The van der Waals surface area contributed by atoms with E-state index in [0.717, 1.165) is 11.1 Å². The topological polar surface area (TPSA) is 40.5 Å². The molecule has 0 heterocycles. The van der Waals surface area contributed by atoms with Gasteiger partial charge in [0, 0.05) is 19.2 Å². The van der Waals surface area contributed by atoms with E-state index in [1.807, 2.05) is 6.92 Å². The summed E-state index contributed by atoms with van der Waals surface area (Å²) in [6.45, 7) is 4.48. The average Bonchev–Trinajstić information content (AvgIpc) is 2.36. The van der Waals surface area contributed by atoms with Gasteiger partial charge in [0.1, 0.15) is 5.82 Å². The van der Waals surface area contributed by atoms with Crippen LogP contribution < -0.4 is 0 Å². The molecule has 18 heavy (non-hydrogen) atoms. The van der Waals surface area contributed by atoms with Crippen LogP contribution in [0.15, 0.2) is 30.3 Å². The average molecular weight is 251 g/mol. The standard InChI is InChI=1S/C14H18FNO2/c1-3-16(8-9-17)14(18)10-11(2)12-4-6-13(15)7-5-12/h4-7,10,17H,3,8-9H2,1-2H3/b11-10-. The molecule has 98 valence electrons. The maximum absolute atomic E-state index is 12.8. The summed E-state index contributed by atoms with van der Waals surface area (Å²) in [5, 5.41) is 8.84. The normalized spacial score (nSPS) is 11.4. The zero-order chi connectivity index (χ0) is 13.5.